The van der Waals surface area contributed by atoms with Crippen molar-refractivity contribution in [2.45, 2.75) is 115 Å². The van der Waals surface area contributed by atoms with Crippen molar-refractivity contribution < 1.29 is 33.8 Å². The van der Waals surface area contributed by atoms with Crippen molar-refractivity contribution in [2.75, 3.05) is 64.3 Å². The molecular formula is C53H69BrN10O7. The molecule has 71 heavy (non-hydrogen) atoms. The first-order valence-corrected chi connectivity index (χ1v) is 27.1. The number of aromatic nitrogens is 3. The molecule has 0 spiro atoms. The molecule has 8 heterocycles. The van der Waals surface area contributed by atoms with Gasteiger partial charge in [0.25, 0.3) is 11.8 Å². The van der Waals surface area contributed by atoms with Gasteiger partial charge in [-0.25, -0.2) is 9.97 Å². The molecule has 6 aliphatic heterocycles. The van der Waals surface area contributed by atoms with Crippen molar-refractivity contribution >= 4 is 67.9 Å². The maximum absolute atomic E-state index is 14.4. The van der Waals surface area contributed by atoms with Crippen molar-refractivity contribution in [3.05, 3.63) is 58.5 Å². The van der Waals surface area contributed by atoms with E-state index in [4.69, 9.17) is 4.74 Å². The number of aliphatic hydroxyl groups is 1. The highest BCUT2D eigenvalue weighted by Crippen LogP contribution is 2.56. The topological polar surface area (TPSA) is 188 Å². The van der Waals surface area contributed by atoms with Crippen molar-refractivity contribution in [1.29, 1.82) is 0 Å². The van der Waals surface area contributed by atoms with Crippen LogP contribution < -0.4 is 10.2 Å². The molecule has 0 unspecified atom stereocenters. The normalized spacial score (nSPS) is 33.2. The van der Waals surface area contributed by atoms with Crippen molar-refractivity contribution in [1.82, 2.24) is 44.8 Å². The van der Waals surface area contributed by atoms with E-state index in [2.05, 4.69) is 63.0 Å². The highest BCUT2D eigenvalue weighted by atomic mass is 79.9. The molecule has 17 nitrogen and oxygen atoms in total. The van der Waals surface area contributed by atoms with E-state index >= 15 is 0 Å². The number of carbonyl (C=O) groups excluding carboxylic acids is 5. The number of imide groups is 1. The van der Waals surface area contributed by atoms with E-state index < -0.39 is 41.5 Å². The summed E-state index contributed by atoms with van der Waals surface area (Å²) in [6, 6.07) is 6.61. The van der Waals surface area contributed by atoms with Crippen LogP contribution in [0, 0.1) is 41.4 Å². The summed E-state index contributed by atoms with van der Waals surface area (Å²) in [7, 11) is 2.03. The number of halogens is 1. The second kappa shape index (κ2) is 18.6. The van der Waals surface area contributed by atoms with Gasteiger partial charge < -0.3 is 25.2 Å². The molecule has 3 aliphatic carbocycles. The fourth-order valence-corrected chi connectivity index (χ4v) is 14.6. The van der Waals surface area contributed by atoms with Crippen LogP contribution in [0.25, 0.3) is 16.5 Å². The number of likely N-dealkylation sites (tertiary alicyclic amines) is 1. The van der Waals surface area contributed by atoms with Crippen LogP contribution in [0.1, 0.15) is 90.2 Å². The number of unbranched alkanes of at least 4 members (excludes halogenated alkanes) is 1. The number of benzene rings is 1. The molecule has 2 aromatic heterocycles. The molecule has 1 aromatic carbocycles. The van der Waals surface area contributed by atoms with E-state index in [1.54, 1.807) is 36.0 Å². The van der Waals surface area contributed by atoms with E-state index in [9.17, 15) is 29.1 Å². The highest BCUT2D eigenvalue weighted by Gasteiger charge is 2.72. The van der Waals surface area contributed by atoms with Gasteiger partial charge in [-0.2, -0.15) is 0 Å². The fourth-order valence-electron chi connectivity index (χ4n) is 14.1. The SMILES string of the molecule is CC(C)C[C@H]1C(=O)N2CCC[C@H]2[C@]2(O)O[C@](NC(=O)[C@@H]3C=C4c5cccc6[nH]c(Br)c(c56)C[C@H]4N(C)C3)(C(C)C)C(=O)N12.O=C1[C@@H]2[C@H]3CC[C@H](C3)[C@@H]2C(=O)N1CCCCN1CCN(c2ncccn2)CC1. The highest BCUT2D eigenvalue weighted by molar-refractivity contribution is 9.10. The van der Waals surface area contributed by atoms with E-state index in [-0.39, 0.29) is 47.4 Å². The number of amides is 5. The van der Waals surface area contributed by atoms with E-state index in [1.165, 1.54) is 15.8 Å². The summed E-state index contributed by atoms with van der Waals surface area (Å²) in [6.07, 6.45) is 13.4. The van der Waals surface area contributed by atoms with Gasteiger partial charge in [0.15, 0.2) is 0 Å². The smallest absolute Gasteiger partial charge is 0.281 e. The van der Waals surface area contributed by atoms with Crippen molar-refractivity contribution in [2.24, 2.45) is 41.4 Å². The minimum absolute atomic E-state index is 0.0273. The van der Waals surface area contributed by atoms with Crippen LogP contribution in [0.2, 0.25) is 0 Å². The third kappa shape index (κ3) is 8.03. The van der Waals surface area contributed by atoms with Crippen LogP contribution in [-0.2, 0) is 35.1 Å². The summed E-state index contributed by atoms with van der Waals surface area (Å²) in [4.78, 5) is 91.2. The number of hydrogen-bond donors (Lipinski definition) is 3. The van der Waals surface area contributed by atoms with Gasteiger partial charge in [0.05, 0.1) is 22.4 Å². The number of anilines is 1. The number of ether oxygens (including phenoxy) is 1. The van der Waals surface area contributed by atoms with Gasteiger partial charge in [0.1, 0.15) is 12.1 Å². The van der Waals surface area contributed by atoms with Gasteiger partial charge in [-0.15, -0.1) is 0 Å². The lowest BCUT2D eigenvalue weighted by Crippen LogP contribution is -2.71. The van der Waals surface area contributed by atoms with E-state index in [1.807, 2.05) is 39.1 Å². The molecule has 0 radical (unpaired) electrons. The number of nitrogens with zero attached hydrogens (tertiary/aromatic N) is 8. The molecule has 12 rings (SSSR count). The Morgan fingerprint density at radius 2 is 1.63 bits per heavy atom. The molecule has 10 atom stereocenters. The fraction of sp³-hybridized carbons (Fsp3) is 0.642. The summed E-state index contributed by atoms with van der Waals surface area (Å²) in [6.45, 7) is 14.1. The first-order valence-electron chi connectivity index (χ1n) is 26.3. The average Bonchev–Trinajstić information content (AvgIpc) is 4.23. The Labute approximate surface area is 424 Å². The van der Waals surface area contributed by atoms with E-state index in [0.717, 1.165) is 105 Å². The Kier molecular flexibility index (Phi) is 12.7. The molecule has 7 fully saturated rings. The lowest BCUT2D eigenvalue weighted by Gasteiger charge is -2.49. The number of carbonyl (C=O) groups is 5. The third-order valence-corrected chi connectivity index (χ3v) is 18.3. The van der Waals surface area contributed by atoms with Crippen LogP contribution in [0.5, 0.6) is 0 Å². The monoisotopic (exact) mass is 1040 g/mol. The molecule has 380 valence electrons. The second-order valence-corrected chi connectivity index (χ2v) is 23.3. The second-order valence-electron chi connectivity index (χ2n) is 22.5. The summed E-state index contributed by atoms with van der Waals surface area (Å²) < 4.78 is 7.43. The lowest BCUT2D eigenvalue weighted by atomic mass is 9.79. The number of piperazine rings is 2. The maximum Gasteiger partial charge on any atom is 0.281 e. The minimum Gasteiger partial charge on any atom is -0.349 e. The van der Waals surface area contributed by atoms with Gasteiger partial charge >= 0.3 is 0 Å². The van der Waals surface area contributed by atoms with Gasteiger partial charge in [-0.1, -0.05) is 45.9 Å². The Balaban J connectivity index is 0.000000168. The van der Waals surface area contributed by atoms with Crippen LogP contribution in [-0.4, -0.2) is 163 Å². The number of rotatable bonds is 11. The van der Waals surface area contributed by atoms with Gasteiger partial charge in [0, 0.05) is 81.1 Å². The number of aromatic amines is 1. The van der Waals surface area contributed by atoms with Crippen LogP contribution in [0.3, 0.4) is 0 Å². The van der Waals surface area contributed by atoms with Crippen LogP contribution in [0.15, 0.2) is 47.3 Å². The molecule has 5 saturated heterocycles. The zero-order valence-electron chi connectivity index (χ0n) is 41.7. The molecule has 3 N–H and O–H groups in total. The molecule has 2 saturated carbocycles. The van der Waals surface area contributed by atoms with Crippen LogP contribution in [0.4, 0.5) is 5.95 Å². The molecule has 3 aromatic rings. The van der Waals surface area contributed by atoms with Crippen LogP contribution >= 0.6 is 15.9 Å². The average molecular weight is 1040 g/mol. The summed E-state index contributed by atoms with van der Waals surface area (Å²) in [5.74, 6) is -1.90. The van der Waals surface area contributed by atoms with Crippen molar-refractivity contribution in [3.8, 4) is 0 Å². The molecule has 18 heteroatoms. The summed E-state index contributed by atoms with van der Waals surface area (Å²) in [5, 5.41) is 16.3. The molecule has 9 aliphatic rings. The minimum atomic E-state index is -2.01. The number of H-pyrrole nitrogens is 1. The maximum atomic E-state index is 14.4. The predicted octanol–water partition coefficient (Wildman–Crippen LogP) is 4.60. The first-order chi connectivity index (χ1) is 34.1. The summed E-state index contributed by atoms with van der Waals surface area (Å²) in [5.41, 5.74) is 2.68. The number of fused-ring (bicyclic) bond motifs is 10. The van der Waals surface area contributed by atoms with Gasteiger partial charge in [-0.05, 0) is 134 Å². The van der Waals surface area contributed by atoms with Crippen molar-refractivity contribution in [3.63, 3.8) is 0 Å². The molecule has 5 amide bonds. The summed E-state index contributed by atoms with van der Waals surface area (Å²) >= 11 is 3.70. The molecule has 2 bridgehead atoms. The quantitative estimate of drug-likeness (QED) is 0.179. The predicted molar refractivity (Wildman–Crippen MR) is 269 cm³/mol. The zero-order chi connectivity index (χ0) is 49.7. The first kappa shape index (κ1) is 48.5. The standard InChI is InChI=1S/C32H40BrN5O5.C21H29N5O2/c1-16(2)12-24-29(40)37-11-7-10-25(37)32(42)38(24)30(41)31(43-32,17(3)4)35-28(39)18-13-20-19-8-6-9-22-26(19)21(27(33)34-22)14-23(20)36(5)15-18;27-19-17-15-4-5-16(14-15)18(17)20(28)26(19)9-2-1-8-24-10-12-25(13-11-24)21-22-6-3-7-23-21/h6,8-9,13,16-18,23-25,34,42H,7,10-12,14-15H2,1-5H3,(H,35,39);3,6-7,15-18H,1-2,4-5,8-14H2/t18-,23-,24+,25+,31-,32+;15-,16+,17+,18-/m1./s1. The number of hydrogen-bond acceptors (Lipinski definition) is 12. The number of likely N-dealkylation sites (N-methyl/N-ethyl adjacent to an activating group) is 1. The Hall–Kier alpha value is -4.75. The van der Waals surface area contributed by atoms with E-state index in [0.29, 0.717) is 44.3 Å². The Morgan fingerprint density at radius 3 is 2.32 bits per heavy atom. The lowest BCUT2D eigenvalue weighted by molar-refractivity contribution is -0.322. The third-order valence-electron chi connectivity index (χ3n) is 17.6. The zero-order valence-corrected chi connectivity index (χ0v) is 43.3. The molecular weight excluding hydrogens is 969 g/mol. The largest absolute Gasteiger partial charge is 0.349 e. The van der Waals surface area contributed by atoms with Gasteiger partial charge in [-0.3, -0.25) is 48.3 Å². The Bertz CT molecular complexity index is 2610. The Morgan fingerprint density at radius 1 is 0.930 bits per heavy atom. The number of nitrogens with one attached hydrogen (secondary N) is 2. The van der Waals surface area contributed by atoms with Gasteiger partial charge in [0.2, 0.25) is 35.3 Å².